The second-order valence-corrected chi connectivity index (χ2v) is 6.52. The van der Waals surface area contributed by atoms with E-state index in [1.807, 2.05) is 24.3 Å². The zero-order valence-corrected chi connectivity index (χ0v) is 15.9. The van der Waals surface area contributed by atoms with Crippen molar-refractivity contribution >= 4 is 27.5 Å². The van der Waals surface area contributed by atoms with Gasteiger partial charge in [0.15, 0.2) is 0 Å². The maximum absolute atomic E-state index is 11.9. The Balaban J connectivity index is 1.54. The molecule has 0 radical (unpaired) electrons. The van der Waals surface area contributed by atoms with Gasteiger partial charge in [-0.25, -0.2) is 4.98 Å². The number of nitrogens with one attached hydrogen (secondary N) is 1. The van der Waals surface area contributed by atoms with Crippen LogP contribution in [-0.4, -0.2) is 24.6 Å². The van der Waals surface area contributed by atoms with Gasteiger partial charge in [-0.3, -0.25) is 4.79 Å². The van der Waals surface area contributed by atoms with Crippen molar-refractivity contribution in [3.8, 4) is 11.6 Å². The summed E-state index contributed by atoms with van der Waals surface area (Å²) in [7, 11) is 1.55. The molecule has 0 aliphatic carbocycles. The van der Waals surface area contributed by atoms with Gasteiger partial charge in [0.2, 0.25) is 11.8 Å². The minimum absolute atomic E-state index is 0.0126. The molecule has 0 fully saturated rings. The van der Waals surface area contributed by atoms with Crippen molar-refractivity contribution in [2.24, 2.45) is 0 Å². The van der Waals surface area contributed by atoms with Crippen molar-refractivity contribution in [1.29, 1.82) is 0 Å². The lowest BCUT2D eigenvalue weighted by molar-refractivity contribution is -0.116. The highest BCUT2D eigenvalue weighted by atomic mass is 79.9. The second kappa shape index (κ2) is 10.7. The first-order valence-electron chi connectivity index (χ1n) is 8.35. The average molecular weight is 407 g/mol. The van der Waals surface area contributed by atoms with Crippen LogP contribution in [0.2, 0.25) is 0 Å². The largest absolute Gasteiger partial charge is 0.494 e. The maximum Gasteiger partial charge on any atom is 0.224 e. The molecule has 5 nitrogen and oxygen atoms in total. The van der Waals surface area contributed by atoms with Gasteiger partial charge in [-0.15, -0.1) is 0 Å². The number of amides is 1. The summed E-state index contributed by atoms with van der Waals surface area (Å²) in [5.74, 6) is 1.38. The first-order valence-corrected chi connectivity index (χ1v) is 9.15. The number of carbonyl (C=O) groups is 1. The Labute approximate surface area is 156 Å². The van der Waals surface area contributed by atoms with Crippen molar-refractivity contribution in [2.45, 2.75) is 32.1 Å². The summed E-state index contributed by atoms with van der Waals surface area (Å²) in [6, 6.07) is 11.3. The Hall–Kier alpha value is -2.08. The number of methoxy groups -OCH3 is 1. The van der Waals surface area contributed by atoms with Gasteiger partial charge in [0.05, 0.1) is 13.7 Å². The second-order valence-electron chi connectivity index (χ2n) is 5.61. The van der Waals surface area contributed by atoms with E-state index in [2.05, 4.69) is 26.2 Å². The molecule has 2 aromatic rings. The number of halogens is 1. The standard InChI is InChI=1S/C19H23BrN2O3/c1-24-19-14-16(10-11-21-19)22-18(23)9-4-2-3-5-12-25-17-8-6-7-15(20)13-17/h6-8,10-11,13-14H,2-5,9,12H2,1H3,(H,21,22,23). The molecule has 1 aromatic carbocycles. The Morgan fingerprint density at radius 3 is 2.80 bits per heavy atom. The third-order valence-corrected chi connectivity index (χ3v) is 4.08. The molecule has 1 heterocycles. The Morgan fingerprint density at radius 2 is 2.00 bits per heavy atom. The predicted octanol–water partition coefficient (Wildman–Crippen LogP) is 4.82. The van der Waals surface area contributed by atoms with Crippen LogP contribution in [-0.2, 0) is 4.79 Å². The molecule has 0 saturated carbocycles. The van der Waals surface area contributed by atoms with Gasteiger partial charge in [0.25, 0.3) is 0 Å². The topological polar surface area (TPSA) is 60.5 Å². The fraction of sp³-hybridized carbons (Fsp3) is 0.368. The third-order valence-electron chi connectivity index (χ3n) is 3.59. The van der Waals surface area contributed by atoms with E-state index in [0.717, 1.165) is 35.9 Å². The number of benzene rings is 1. The van der Waals surface area contributed by atoms with Crippen LogP contribution < -0.4 is 14.8 Å². The van der Waals surface area contributed by atoms with Crippen LogP contribution in [0.4, 0.5) is 5.69 Å². The molecular weight excluding hydrogens is 384 g/mol. The lowest BCUT2D eigenvalue weighted by Gasteiger charge is -2.07. The fourth-order valence-electron chi connectivity index (χ4n) is 2.31. The molecule has 0 unspecified atom stereocenters. The molecule has 0 aliphatic rings. The number of unbranched alkanes of at least 4 members (excludes halogenated alkanes) is 3. The number of aromatic nitrogens is 1. The summed E-state index contributed by atoms with van der Waals surface area (Å²) >= 11 is 3.42. The number of nitrogens with zero attached hydrogens (tertiary/aromatic N) is 1. The average Bonchev–Trinajstić information content (AvgIpc) is 2.61. The maximum atomic E-state index is 11.9. The van der Waals surface area contributed by atoms with E-state index in [9.17, 15) is 4.79 Å². The summed E-state index contributed by atoms with van der Waals surface area (Å²) < 4.78 is 11.7. The van der Waals surface area contributed by atoms with E-state index >= 15 is 0 Å². The zero-order valence-electron chi connectivity index (χ0n) is 14.3. The number of carbonyl (C=O) groups excluding carboxylic acids is 1. The summed E-state index contributed by atoms with van der Waals surface area (Å²) in [5, 5.41) is 2.86. The number of ether oxygens (including phenoxy) is 2. The van der Waals surface area contributed by atoms with Gasteiger partial charge in [-0.1, -0.05) is 34.8 Å². The van der Waals surface area contributed by atoms with Gasteiger partial charge < -0.3 is 14.8 Å². The van der Waals surface area contributed by atoms with Gasteiger partial charge in [0.1, 0.15) is 5.75 Å². The molecule has 1 aromatic heterocycles. The van der Waals surface area contributed by atoms with Gasteiger partial charge in [0, 0.05) is 28.8 Å². The molecule has 0 aliphatic heterocycles. The Bertz CT molecular complexity index is 679. The smallest absolute Gasteiger partial charge is 0.224 e. The minimum Gasteiger partial charge on any atom is -0.494 e. The molecule has 0 atom stereocenters. The quantitative estimate of drug-likeness (QED) is 0.574. The summed E-state index contributed by atoms with van der Waals surface area (Å²) in [4.78, 5) is 15.9. The Kier molecular flexibility index (Phi) is 8.25. The van der Waals surface area contributed by atoms with E-state index in [0.29, 0.717) is 24.6 Å². The van der Waals surface area contributed by atoms with Crippen molar-refractivity contribution < 1.29 is 14.3 Å². The number of hydrogen-bond donors (Lipinski definition) is 1. The molecule has 0 saturated heterocycles. The first kappa shape index (κ1) is 19.2. The monoisotopic (exact) mass is 406 g/mol. The summed E-state index contributed by atoms with van der Waals surface area (Å²) in [5.41, 5.74) is 0.708. The lowest BCUT2D eigenvalue weighted by Crippen LogP contribution is -2.11. The number of hydrogen-bond acceptors (Lipinski definition) is 4. The van der Waals surface area contributed by atoms with Crippen molar-refractivity contribution in [3.63, 3.8) is 0 Å². The van der Waals surface area contributed by atoms with Crippen LogP contribution in [0.25, 0.3) is 0 Å². The van der Waals surface area contributed by atoms with Crippen molar-refractivity contribution in [1.82, 2.24) is 4.98 Å². The highest BCUT2D eigenvalue weighted by Crippen LogP contribution is 2.18. The number of rotatable bonds is 10. The molecule has 0 spiro atoms. The van der Waals surface area contributed by atoms with E-state index in [1.54, 1.807) is 25.4 Å². The van der Waals surface area contributed by atoms with Gasteiger partial charge in [-0.05, 0) is 37.1 Å². The highest BCUT2D eigenvalue weighted by Gasteiger charge is 2.04. The fourth-order valence-corrected chi connectivity index (χ4v) is 2.69. The molecule has 0 bridgehead atoms. The van der Waals surface area contributed by atoms with Crippen molar-refractivity contribution in [2.75, 3.05) is 19.0 Å². The van der Waals surface area contributed by atoms with Crippen LogP contribution in [0.5, 0.6) is 11.6 Å². The van der Waals surface area contributed by atoms with Crippen LogP contribution in [0.3, 0.4) is 0 Å². The van der Waals surface area contributed by atoms with E-state index in [-0.39, 0.29) is 5.91 Å². The van der Waals surface area contributed by atoms with E-state index in [4.69, 9.17) is 9.47 Å². The number of anilines is 1. The highest BCUT2D eigenvalue weighted by molar-refractivity contribution is 9.10. The molecule has 134 valence electrons. The van der Waals surface area contributed by atoms with Gasteiger partial charge >= 0.3 is 0 Å². The predicted molar refractivity (Wildman–Crippen MR) is 102 cm³/mol. The number of pyridine rings is 1. The summed E-state index contributed by atoms with van der Waals surface area (Å²) in [6.07, 6.45) is 6.02. The van der Waals surface area contributed by atoms with Crippen LogP contribution in [0, 0.1) is 0 Å². The SMILES string of the molecule is COc1cc(NC(=O)CCCCCCOc2cccc(Br)c2)ccn1. The van der Waals surface area contributed by atoms with Crippen LogP contribution >= 0.6 is 15.9 Å². The first-order chi connectivity index (χ1) is 12.2. The van der Waals surface area contributed by atoms with Crippen molar-refractivity contribution in [3.05, 3.63) is 47.1 Å². The minimum atomic E-state index is 0.0126. The van der Waals surface area contributed by atoms with Crippen LogP contribution in [0.15, 0.2) is 47.1 Å². The molecule has 1 N–H and O–H groups in total. The molecular formula is C19H23BrN2O3. The van der Waals surface area contributed by atoms with E-state index in [1.165, 1.54) is 0 Å². The van der Waals surface area contributed by atoms with Gasteiger partial charge in [-0.2, -0.15) is 0 Å². The normalized spacial score (nSPS) is 10.3. The Morgan fingerprint density at radius 1 is 1.16 bits per heavy atom. The zero-order chi connectivity index (χ0) is 17.9. The molecule has 25 heavy (non-hydrogen) atoms. The summed E-state index contributed by atoms with van der Waals surface area (Å²) in [6.45, 7) is 0.694. The molecule has 1 amide bonds. The van der Waals surface area contributed by atoms with E-state index < -0.39 is 0 Å². The lowest BCUT2D eigenvalue weighted by atomic mass is 10.1. The van der Waals surface area contributed by atoms with Crippen LogP contribution in [0.1, 0.15) is 32.1 Å². The third kappa shape index (κ3) is 7.56. The molecule has 2 rings (SSSR count). The molecule has 6 heteroatoms.